The van der Waals surface area contributed by atoms with Crippen molar-refractivity contribution in [3.8, 4) is 23.0 Å². The van der Waals surface area contributed by atoms with Crippen LogP contribution in [-0.2, 0) is 14.3 Å². The first-order valence-corrected chi connectivity index (χ1v) is 11.7. The summed E-state index contributed by atoms with van der Waals surface area (Å²) in [5.74, 6) is 2.29. The van der Waals surface area contributed by atoms with Gasteiger partial charge in [0.05, 0.1) is 6.26 Å². The molecule has 0 saturated carbocycles. The van der Waals surface area contributed by atoms with E-state index in [0.717, 1.165) is 17.4 Å². The monoisotopic (exact) mass is 441 g/mol. The maximum absolute atomic E-state index is 11.7. The van der Waals surface area contributed by atoms with Crippen LogP contribution in [0.5, 0.6) is 23.0 Å². The smallest absolute Gasteiger partial charge is 0.265 e. The molecule has 0 heterocycles. The summed E-state index contributed by atoms with van der Waals surface area (Å²) >= 11 is 0. The molecule has 0 saturated heterocycles. The molecule has 0 aliphatic heterocycles. The summed E-state index contributed by atoms with van der Waals surface area (Å²) in [4.78, 5) is 0. The zero-order chi connectivity index (χ0) is 22.4. The van der Waals surface area contributed by atoms with Crippen molar-refractivity contribution in [2.75, 3.05) is 19.8 Å². The molecule has 0 spiro atoms. The van der Waals surface area contributed by atoms with Crippen molar-refractivity contribution >= 4 is 10.1 Å². The lowest BCUT2D eigenvalue weighted by molar-refractivity contribution is 0.214. The summed E-state index contributed by atoms with van der Waals surface area (Å²) in [6.45, 7) is 4.32. The van der Waals surface area contributed by atoms with E-state index in [2.05, 4.69) is 5.32 Å². The van der Waals surface area contributed by atoms with Gasteiger partial charge in [0.2, 0.25) is 0 Å². The summed E-state index contributed by atoms with van der Waals surface area (Å²) in [5.41, 5.74) is 2.90. The molecule has 1 unspecified atom stereocenters. The fourth-order valence-corrected chi connectivity index (χ4v) is 3.56. The van der Waals surface area contributed by atoms with Crippen LogP contribution in [0.15, 0.2) is 66.7 Å². The van der Waals surface area contributed by atoms with Gasteiger partial charge in [-0.3, -0.25) is 4.18 Å². The number of benzene rings is 3. The van der Waals surface area contributed by atoms with Gasteiger partial charge >= 0.3 is 0 Å². The molecule has 6 nitrogen and oxygen atoms in total. The minimum absolute atomic E-state index is 0.315. The first-order valence-electron chi connectivity index (χ1n) is 9.89. The van der Waals surface area contributed by atoms with Crippen molar-refractivity contribution < 1.29 is 22.1 Å². The standard InChI is InChI=1S/C24H27NO5S/c1-17-5-10-20(11-6-17)28-22-14-9-19(24(16-25-3)30-31(4,26)27)15-23(22)29-21-12-7-18(2)8-13-21/h5-15,24-25H,16H2,1-4H3. The van der Waals surface area contributed by atoms with Gasteiger partial charge in [0.25, 0.3) is 10.1 Å². The second kappa shape index (κ2) is 9.96. The highest BCUT2D eigenvalue weighted by atomic mass is 32.2. The number of aryl methyl sites for hydroxylation is 2. The van der Waals surface area contributed by atoms with Gasteiger partial charge < -0.3 is 14.8 Å². The van der Waals surface area contributed by atoms with Gasteiger partial charge in [-0.25, -0.2) is 0 Å². The van der Waals surface area contributed by atoms with E-state index in [-0.39, 0.29) is 0 Å². The lowest BCUT2D eigenvalue weighted by Crippen LogP contribution is -2.22. The van der Waals surface area contributed by atoms with Crippen LogP contribution < -0.4 is 14.8 Å². The Morgan fingerprint density at radius 2 is 1.32 bits per heavy atom. The molecule has 0 aliphatic carbocycles. The van der Waals surface area contributed by atoms with Gasteiger partial charge in [-0.15, -0.1) is 0 Å². The molecule has 0 fully saturated rings. The molecule has 1 atom stereocenters. The molecule has 3 aromatic rings. The van der Waals surface area contributed by atoms with Gasteiger partial charge in [0.1, 0.15) is 17.6 Å². The zero-order valence-electron chi connectivity index (χ0n) is 18.1. The highest BCUT2D eigenvalue weighted by Gasteiger charge is 2.20. The second-order valence-electron chi connectivity index (χ2n) is 7.38. The van der Waals surface area contributed by atoms with E-state index >= 15 is 0 Å². The predicted octanol–water partition coefficient (Wildman–Crippen LogP) is 5.12. The Bertz CT molecular complexity index is 1110. The van der Waals surface area contributed by atoms with Gasteiger partial charge in [-0.2, -0.15) is 8.42 Å². The molecule has 7 heteroatoms. The van der Waals surface area contributed by atoms with E-state index in [9.17, 15) is 8.42 Å². The van der Waals surface area contributed by atoms with Gasteiger partial charge in [-0.05, 0) is 62.9 Å². The molecule has 0 bridgehead atoms. The van der Waals surface area contributed by atoms with Crippen molar-refractivity contribution in [1.82, 2.24) is 5.32 Å². The quantitative estimate of drug-likeness (QED) is 0.464. The van der Waals surface area contributed by atoms with Gasteiger partial charge in [0.15, 0.2) is 11.5 Å². The number of rotatable bonds is 9. The summed E-state index contributed by atoms with van der Waals surface area (Å²) in [6.07, 6.45) is 0.336. The molecular formula is C24H27NO5S. The maximum Gasteiger partial charge on any atom is 0.265 e. The number of ether oxygens (including phenoxy) is 2. The Balaban J connectivity index is 1.98. The van der Waals surface area contributed by atoms with E-state index < -0.39 is 16.2 Å². The van der Waals surface area contributed by atoms with E-state index in [1.165, 1.54) is 0 Å². The highest BCUT2D eigenvalue weighted by Crippen LogP contribution is 2.37. The van der Waals surface area contributed by atoms with E-state index in [0.29, 0.717) is 35.1 Å². The van der Waals surface area contributed by atoms with Crippen LogP contribution in [0.1, 0.15) is 22.8 Å². The van der Waals surface area contributed by atoms with Crippen molar-refractivity contribution in [3.05, 3.63) is 83.4 Å². The van der Waals surface area contributed by atoms with Crippen LogP contribution in [0.2, 0.25) is 0 Å². The Hall–Kier alpha value is -2.87. The fourth-order valence-electron chi connectivity index (χ4n) is 2.96. The fraction of sp³-hybridized carbons (Fsp3) is 0.250. The average Bonchev–Trinajstić information content (AvgIpc) is 2.71. The lowest BCUT2D eigenvalue weighted by Gasteiger charge is -2.19. The van der Waals surface area contributed by atoms with Crippen LogP contribution >= 0.6 is 0 Å². The molecular weight excluding hydrogens is 414 g/mol. The lowest BCUT2D eigenvalue weighted by atomic mass is 10.1. The van der Waals surface area contributed by atoms with Gasteiger partial charge in [-0.1, -0.05) is 41.5 Å². The summed E-state index contributed by atoms with van der Waals surface area (Å²) < 4.78 is 40.9. The van der Waals surface area contributed by atoms with Crippen molar-refractivity contribution in [3.63, 3.8) is 0 Å². The largest absolute Gasteiger partial charge is 0.453 e. The van der Waals surface area contributed by atoms with Crippen LogP contribution in [0.3, 0.4) is 0 Å². The van der Waals surface area contributed by atoms with Crippen molar-refractivity contribution in [1.29, 1.82) is 0 Å². The van der Waals surface area contributed by atoms with Crippen LogP contribution in [-0.4, -0.2) is 28.3 Å². The number of nitrogens with one attached hydrogen (secondary N) is 1. The van der Waals surface area contributed by atoms with Gasteiger partial charge in [0, 0.05) is 6.54 Å². The minimum atomic E-state index is -3.65. The summed E-state index contributed by atoms with van der Waals surface area (Å²) in [7, 11) is -1.91. The third kappa shape index (κ3) is 6.82. The molecule has 0 aliphatic rings. The van der Waals surface area contributed by atoms with Crippen molar-refractivity contribution in [2.24, 2.45) is 0 Å². The zero-order valence-corrected chi connectivity index (χ0v) is 18.9. The minimum Gasteiger partial charge on any atom is -0.453 e. The molecule has 1 N–H and O–H groups in total. The maximum atomic E-state index is 11.7. The Labute approximate surface area is 183 Å². The number of hydrogen-bond donors (Lipinski definition) is 1. The first-order chi connectivity index (χ1) is 14.7. The molecule has 3 rings (SSSR count). The highest BCUT2D eigenvalue weighted by molar-refractivity contribution is 7.86. The average molecular weight is 442 g/mol. The molecule has 31 heavy (non-hydrogen) atoms. The SMILES string of the molecule is CNCC(OS(C)(=O)=O)c1ccc(Oc2ccc(C)cc2)c(Oc2ccc(C)cc2)c1. The predicted molar refractivity (Wildman–Crippen MR) is 122 cm³/mol. The molecule has 0 aromatic heterocycles. The molecule has 3 aromatic carbocycles. The number of likely N-dealkylation sites (N-methyl/N-ethyl adjacent to an activating group) is 1. The Morgan fingerprint density at radius 1 is 0.806 bits per heavy atom. The Morgan fingerprint density at radius 3 is 1.81 bits per heavy atom. The van der Waals surface area contributed by atoms with Crippen LogP contribution in [0, 0.1) is 13.8 Å². The van der Waals surface area contributed by atoms with E-state index in [1.54, 1.807) is 25.2 Å². The molecule has 0 radical (unpaired) electrons. The Kier molecular flexibility index (Phi) is 7.33. The van der Waals surface area contributed by atoms with Crippen LogP contribution in [0.4, 0.5) is 0 Å². The third-order valence-corrected chi connectivity index (χ3v) is 5.10. The normalized spacial score (nSPS) is 12.4. The number of hydrogen-bond acceptors (Lipinski definition) is 6. The van der Waals surface area contributed by atoms with E-state index in [4.69, 9.17) is 13.7 Å². The summed E-state index contributed by atoms with van der Waals surface area (Å²) in [5, 5.41) is 2.96. The van der Waals surface area contributed by atoms with E-state index in [1.807, 2.05) is 62.4 Å². The van der Waals surface area contributed by atoms with Crippen LogP contribution in [0.25, 0.3) is 0 Å². The summed E-state index contributed by atoms with van der Waals surface area (Å²) in [6, 6.07) is 20.6. The first kappa shape index (κ1) is 22.8. The topological polar surface area (TPSA) is 73.9 Å². The third-order valence-electron chi connectivity index (χ3n) is 4.52. The second-order valence-corrected chi connectivity index (χ2v) is 8.98. The molecule has 0 amide bonds. The van der Waals surface area contributed by atoms with Crippen molar-refractivity contribution in [2.45, 2.75) is 20.0 Å². The molecule has 164 valence electrons.